The highest BCUT2D eigenvalue weighted by molar-refractivity contribution is 5.96. The number of ether oxygens (including phenoxy) is 2. The Morgan fingerprint density at radius 3 is 2.57 bits per heavy atom. The van der Waals surface area contributed by atoms with Gasteiger partial charge >= 0.3 is 0 Å². The van der Waals surface area contributed by atoms with E-state index in [1.54, 1.807) is 23.1 Å². The van der Waals surface area contributed by atoms with Crippen LogP contribution < -0.4 is 14.8 Å². The average Bonchev–Trinajstić information content (AvgIpc) is 3.74. The lowest BCUT2D eigenvalue weighted by molar-refractivity contribution is -0.139. The summed E-state index contributed by atoms with van der Waals surface area (Å²) in [5.41, 5.74) is 2.51. The van der Waals surface area contributed by atoms with Crippen LogP contribution in [0.15, 0.2) is 54.1 Å². The van der Waals surface area contributed by atoms with Crippen molar-refractivity contribution in [1.82, 2.24) is 10.2 Å². The summed E-state index contributed by atoms with van der Waals surface area (Å²) in [7, 11) is 1.50. The maximum Gasteiger partial charge on any atom is 0.247 e. The van der Waals surface area contributed by atoms with Crippen LogP contribution in [-0.2, 0) is 22.7 Å². The summed E-state index contributed by atoms with van der Waals surface area (Å²) in [6, 6.07) is 12.3. The van der Waals surface area contributed by atoms with Gasteiger partial charge in [-0.2, -0.15) is 0 Å². The van der Waals surface area contributed by atoms with Crippen LogP contribution >= 0.6 is 0 Å². The lowest BCUT2D eigenvalue weighted by atomic mass is 9.77. The van der Waals surface area contributed by atoms with Gasteiger partial charge in [-0.3, -0.25) is 9.59 Å². The molecule has 42 heavy (non-hydrogen) atoms. The molecule has 2 amide bonds. The minimum atomic E-state index is -1.13. The Morgan fingerprint density at radius 1 is 1.10 bits per heavy atom. The summed E-state index contributed by atoms with van der Waals surface area (Å²) in [6.45, 7) is -0.112. The summed E-state index contributed by atoms with van der Waals surface area (Å²) in [5.74, 6) is 1.35. The zero-order valence-corrected chi connectivity index (χ0v) is 23.9. The van der Waals surface area contributed by atoms with Crippen LogP contribution in [-0.4, -0.2) is 70.5 Å². The Balaban J connectivity index is 1.39. The third-order valence-electron chi connectivity index (χ3n) is 9.69. The van der Waals surface area contributed by atoms with Gasteiger partial charge < -0.3 is 35.0 Å². The molecule has 224 valence electrons. The first kappa shape index (κ1) is 28.7. The van der Waals surface area contributed by atoms with Crippen LogP contribution in [0.25, 0.3) is 0 Å². The van der Waals surface area contributed by atoms with Crippen molar-refractivity contribution in [2.24, 2.45) is 17.8 Å². The fraction of sp³-hybridized carbons (Fsp3) is 0.515. The van der Waals surface area contributed by atoms with Gasteiger partial charge in [0.05, 0.1) is 32.3 Å². The van der Waals surface area contributed by atoms with E-state index in [-0.39, 0.29) is 32.2 Å². The molecule has 1 heterocycles. The molecule has 6 rings (SSSR count). The van der Waals surface area contributed by atoms with Crippen LogP contribution in [0, 0.1) is 17.8 Å². The van der Waals surface area contributed by atoms with Crippen LogP contribution in [0.2, 0.25) is 0 Å². The lowest BCUT2D eigenvalue weighted by Crippen LogP contribution is -2.55. The van der Waals surface area contributed by atoms with E-state index in [0.717, 1.165) is 12.0 Å². The van der Waals surface area contributed by atoms with Crippen LogP contribution in [0.1, 0.15) is 54.7 Å². The van der Waals surface area contributed by atoms with Crippen LogP contribution in [0.3, 0.4) is 0 Å². The number of nitrogens with zero attached hydrogens (tertiary/aromatic N) is 1. The van der Waals surface area contributed by atoms with E-state index in [4.69, 9.17) is 9.47 Å². The number of fused-ring (bicyclic) bond motifs is 5. The number of aliphatic hydroxyl groups is 3. The van der Waals surface area contributed by atoms with Crippen molar-refractivity contribution in [2.45, 2.75) is 69.4 Å². The number of hydrogen-bond acceptors (Lipinski definition) is 7. The number of hydrogen-bond donors (Lipinski definition) is 4. The number of amides is 2. The summed E-state index contributed by atoms with van der Waals surface area (Å²) >= 11 is 0. The van der Waals surface area contributed by atoms with Crippen LogP contribution in [0.5, 0.6) is 11.5 Å². The molecule has 0 aromatic heterocycles. The molecule has 2 fully saturated rings. The lowest BCUT2D eigenvalue weighted by Gasteiger charge is -2.41. The van der Waals surface area contributed by atoms with E-state index in [0.29, 0.717) is 52.4 Å². The van der Waals surface area contributed by atoms with Gasteiger partial charge in [0, 0.05) is 30.6 Å². The Labute approximate surface area is 246 Å². The number of carbonyl (C=O) groups excluding carboxylic acids is 2. The number of methoxy groups -OCH3 is 1. The van der Waals surface area contributed by atoms with Crippen molar-refractivity contribution < 1.29 is 34.4 Å². The molecule has 4 aliphatic rings. The van der Waals surface area contributed by atoms with Crippen molar-refractivity contribution in [1.29, 1.82) is 0 Å². The van der Waals surface area contributed by atoms with Crippen molar-refractivity contribution in [3.05, 3.63) is 70.8 Å². The first-order valence-corrected chi connectivity index (χ1v) is 15.0. The molecule has 2 aromatic rings. The molecule has 0 radical (unpaired) electrons. The van der Waals surface area contributed by atoms with Gasteiger partial charge in [0.25, 0.3) is 0 Å². The molecular weight excluding hydrogens is 536 g/mol. The fourth-order valence-corrected chi connectivity index (χ4v) is 7.73. The zero-order chi connectivity index (χ0) is 29.4. The van der Waals surface area contributed by atoms with Gasteiger partial charge in [-0.1, -0.05) is 36.8 Å². The summed E-state index contributed by atoms with van der Waals surface area (Å²) in [5, 5.41) is 34.0. The Hall–Kier alpha value is -3.40. The molecule has 3 unspecified atom stereocenters. The second kappa shape index (κ2) is 12.1. The maximum atomic E-state index is 14.1. The van der Waals surface area contributed by atoms with Crippen molar-refractivity contribution in [2.75, 3.05) is 20.3 Å². The van der Waals surface area contributed by atoms with Gasteiger partial charge in [-0.25, -0.2) is 0 Å². The predicted octanol–water partition coefficient (Wildman–Crippen LogP) is 2.67. The summed E-state index contributed by atoms with van der Waals surface area (Å²) in [6.07, 6.45) is 4.83. The van der Waals surface area contributed by atoms with E-state index in [1.807, 2.05) is 30.3 Å². The molecule has 0 spiro atoms. The standard InChI is InChI=1S/C33H40N2O7/c1-41-27-14-21(18-37)13-24-29-25(33(40)34-9-10-36)16-26(30(39)32(29)42-31(24)27)35(17-19-5-3-2-4-6-19)28(38)15-23-12-20-7-8-22(23)11-20/h2-6,13-14,16,20,22-23,26,29-30,32,36-37,39H,7-12,15,17-18H2,1H3,(H,34,40)/t20?,22?,23?,26-,29+,30+,32+/m1/s1. The highest BCUT2D eigenvalue weighted by atomic mass is 16.5. The fourth-order valence-electron chi connectivity index (χ4n) is 7.73. The average molecular weight is 577 g/mol. The van der Waals surface area contributed by atoms with Crippen molar-refractivity contribution in [3.63, 3.8) is 0 Å². The van der Waals surface area contributed by atoms with Gasteiger partial charge in [0.15, 0.2) is 11.5 Å². The Kier molecular flexibility index (Phi) is 8.25. The number of carbonyl (C=O) groups is 2. The molecule has 2 saturated carbocycles. The topological polar surface area (TPSA) is 129 Å². The summed E-state index contributed by atoms with van der Waals surface area (Å²) < 4.78 is 11.9. The number of rotatable bonds is 10. The molecule has 3 aliphatic carbocycles. The second-order valence-electron chi connectivity index (χ2n) is 12.2. The van der Waals surface area contributed by atoms with E-state index in [1.165, 1.54) is 26.4 Å². The second-order valence-corrected chi connectivity index (χ2v) is 12.2. The first-order valence-electron chi connectivity index (χ1n) is 15.0. The molecule has 1 aliphatic heterocycles. The van der Waals surface area contributed by atoms with Crippen molar-refractivity contribution >= 4 is 11.8 Å². The third kappa shape index (κ3) is 5.29. The zero-order valence-electron chi connectivity index (χ0n) is 23.9. The number of aliphatic hydroxyl groups excluding tert-OH is 3. The van der Waals surface area contributed by atoms with E-state index >= 15 is 0 Å². The Bertz CT molecular complexity index is 1350. The normalized spacial score (nSPS) is 28.9. The Morgan fingerprint density at radius 2 is 1.90 bits per heavy atom. The largest absolute Gasteiger partial charge is 0.493 e. The number of benzene rings is 2. The highest BCUT2D eigenvalue weighted by Gasteiger charge is 2.52. The molecule has 9 heteroatoms. The highest BCUT2D eigenvalue weighted by Crippen LogP contribution is 2.52. The third-order valence-corrected chi connectivity index (χ3v) is 9.69. The van der Waals surface area contributed by atoms with Crippen molar-refractivity contribution in [3.8, 4) is 11.5 Å². The first-order chi connectivity index (χ1) is 20.4. The SMILES string of the molecule is COc1cc(CO)cc2c1O[C@@H]1[C@@H](O)[C@H](N(Cc3ccccc3)C(=O)CC3CC4CCC3C4)C=C(C(=O)NCCO)[C@H]21. The van der Waals surface area contributed by atoms with Gasteiger partial charge in [0.1, 0.15) is 12.2 Å². The van der Waals surface area contributed by atoms with Gasteiger partial charge in [-0.15, -0.1) is 0 Å². The van der Waals surface area contributed by atoms with Gasteiger partial charge in [-0.05, 0) is 66.4 Å². The maximum absolute atomic E-state index is 14.1. The number of nitrogens with one attached hydrogen (secondary N) is 1. The molecule has 0 saturated heterocycles. The van der Waals surface area contributed by atoms with E-state index in [2.05, 4.69) is 5.32 Å². The molecule has 2 aromatic carbocycles. The van der Waals surface area contributed by atoms with Gasteiger partial charge in [0.2, 0.25) is 11.8 Å². The quantitative estimate of drug-likeness (QED) is 0.342. The van der Waals surface area contributed by atoms with E-state index < -0.39 is 30.1 Å². The predicted molar refractivity (Wildman–Crippen MR) is 155 cm³/mol. The minimum absolute atomic E-state index is 0.0408. The van der Waals surface area contributed by atoms with E-state index in [9.17, 15) is 24.9 Å². The molecule has 9 nitrogen and oxygen atoms in total. The molecule has 2 bridgehead atoms. The molecular formula is C33H40N2O7. The molecule has 4 N–H and O–H groups in total. The smallest absolute Gasteiger partial charge is 0.247 e. The summed E-state index contributed by atoms with van der Waals surface area (Å²) in [4.78, 5) is 29.4. The molecule has 7 atom stereocenters. The van der Waals surface area contributed by atoms with Crippen LogP contribution in [0.4, 0.5) is 0 Å². The minimum Gasteiger partial charge on any atom is -0.493 e. The monoisotopic (exact) mass is 576 g/mol.